The molecule has 2 N–H and O–H groups in total. The Balaban J connectivity index is 1.59. The summed E-state index contributed by atoms with van der Waals surface area (Å²) in [5.74, 6) is 0.248. The van der Waals surface area contributed by atoms with Crippen LogP contribution in [0.1, 0.15) is 22.5 Å². The van der Waals surface area contributed by atoms with Gasteiger partial charge in [-0.2, -0.15) is 0 Å². The number of ether oxygens (including phenoxy) is 1. The number of hydrogen-bond acceptors (Lipinski definition) is 6. The number of carboxylic acids is 1. The largest absolute Gasteiger partial charge is 0.481 e. The van der Waals surface area contributed by atoms with Crippen LogP contribution in [0.5, 0.6) is 0 Å². The number of carbonyl (C=O) groups excluding carboxylic acids is 1. The first-order valence-corrected chi connectivity index (χ1v) is 9.71. The van der Waals surface area contributed by atoms with Crippen molar-refractivity contribution in [3.8, 4) is 0 Å². The van der Waals surface area contributed by atoms with E-state index in [4.69, 9.17) is 9.84 Å². The molecule has 3 aromatic rings. The number of aromatic nitrogens is 2. The van der Waals surface area contributed by atoms with Gasteiger partial charge in [-0.05, 0) is 23.3 Å². The first-order valence-electron chi connectivity index (χ1n) is 9.71. The molecule has 0 unspecified atom stereocenters. The van der Waals surface area contributed by atoms with Crippen molar-refractivity contribution in [2.45, 2.75) is 19.4 Å². The monoisotopic (exact) mass is 420 g/mol. The number of carbonyl (C=O) groups is 2. The van der Waals surface area contributed by atoms with Crippen LogP contribution in [0.2, 0.25) is 0 Å². The predicted octanol–water partition coefficient (Wildman–Crippen LogP) is 3.51. The van der Waals surface area contributed by atoms with Crippen molar-refractivity contribution in [2.75, 3.05) is 24.3 Å². The minimum absolute atomic E-state index is 0.130. The normalized spacial score (nSPS) is 10.4. The minimum Gasteiger partial charge on any atom is -0.481 e. The van der Waals surface area contributed by atoms with Crippen molar-refractivity contribution in [3.05, 3.63) is 83.3 Å². The van der Waals surface area contributed by atoms with Gasteiger partial charge in [-0.25, -0.2) is 14.8 Å². The molecule has 0 aliphatic rings. The molecular weight excluding hydrogens is 396 g/mol. The lowest BCUT2D eigenvalue weighted by Crippen LogP contribution is -2.17. The zero-order valence-corrected chi connectivity index (χ0v) is 17.4. The third-order valence-electron chi connectivity index (χ3n) is 4.43. The van der Waals surface area contributed by atoms with E-state index in [2.05, 4.69) is 15.3 Å². The average molecular weight is 420 g/mol. The first kappa shape index (κ1) is 21.8. The van der Waals surface area contributed by atoms with Crippen molar-refractivity contribution in [2.24, 2.45) is 0 Å². The van der Waals surface area contributed by atoms with Gasteiger partial charge in [0.1, 0.15) is 18.2 Å². The fraction of sp³-hybridized carbons (Fsp3) is 0.217. The second-order valence-corrected chi connectivity index (χ2v) is 7.16. The summed E-state index contributed by atoms with van der Waals surface area (Å²) in [6, 6.07) is 16.8. The maximum atomic E-state index is 12.0. The molecule has 160 valence electrons. The number of rotatable bonds is 8. The smallest absolute Gasteiger partial charge is 0.411 e. The molecule has 1 aromatic heterocycles. The highest BCUT2D eigenvalue weighted by Crippen LogP contribution is 2.18. The quantitative estimate of drug-likeness (QED) is 0.575. The highest BCUT2D eigenvalue weighted by Gasteiger charge is 2.13. The summed E-state index contributed by atoms with van der Waals surface area (Å²) in [5.41, 5.74) is 3.06. The van der Waals surface area contributed by atoms with Crippen LogP contribution in [0.25, 0.3) is 0 Å². The highest BCUT2D eigenvalue weighted by atomic mass is 16.5. The van der Waals surface area contributed by atoms with Crippen LogP contribution in [0, 0.1) is 0 Å². The van der Waals surface area contributed by atoms with Crippen LogP contribution in [0.4, 0.5) is 16.3 Å². The van der Waals surface area contributed by atoms with Crippen LogP contribution in [-0.4, -0.2) is 41.2 Å². The van der Waals surface area contributed by atoms with E-state index in [9.17, 15) is 9.59 Å². The Morgan fingerprint density at radius 3 is 2.39 bits per heavy atom. The van der Waals surface area contributed by atoms with Gasteiger partial charge in [0, 0.05) is 38.0 Å². The molecule has 0 spiro atoms. The maximum Gasteiger partial charge on any atom is 0.411 e. The van der Waals surface area contributed by atoms with Gasteiger partial charge in [-0.1, -0.05) is 42.5 Å². The number of carboxylic acid groups (broad SMARTS) is 1. The van der Waals surface area contributed by atoms with Gasteiger partial charge in [0.25, 0.3) is 0 Å². The Labute approximate surface area is 180 Å². The summed E-state index contributed by atoms with van der Waals surface area (Å²) >= 11 is 0. The van der Waals surface area contributed by atoms with E-state index >= 15 is 0 Å². The third-order valence-corrected chi connectivity index (χ3v) is 4.43. The number of nitrogens with one attached hydrogen (secondary N) is 1. The lowest BCUT2D eigenvalue weighted by molar-refractivity contribution is -0.136. The molecular formula is C23H24N4O4. The summed E-state index contributed by atoms with van der Waals surface area (Å²) in [4.78, 5) is 33.6. The topological polar surface area (TPSA) is 105 Å². The Kier molecular flexibility index (Phi) is 7.16. The molecule has 0 radical (unpaired) electrons. The molecule has 1 amide bonds. The summed E-state index contributed by atoms with van der Waals surface area (Å²) in [7, 11) is 3.63. The second kappa shape index (κ2) is 10.2. The number of aliphatic carboxylic acids is 1. The molecule has 2 aromatic carbocycles. The fourth-order valence-electron chi connectivity index (χ4n) is 2.96. The van der Waals surface area contributed by atoms with E-state index in [0.29, 0.717) is 29.3 Å². The fourth-order valence-corrected chi connectivity index (χ4v) is 2.96. The molecule has 0 saturated carbocycles. The number of amides is 1. The molecule has 8 nitrogen and oxygen atoms in total. The van der Waals surface area contributed by atoms with Gasteiger partial charge in [-0.3, -0.25) is 10.1 Å². The van der Waals surface area contributed by atoms with Gasteiger partial charge in [0.05, 0.1) is 6.42 Å². The standard InChI is InChI=1S/C23H24N4O4/c1-27(2)22-18(13-21(28)29)14-24-20(26-22)12-16-8-10-19(11-9-16)25-23(30)31-15-17-6-4-3-5-7-17/h3-11,14H,12-13,15H2,1-2H3,(H,25,30)(H,28,29). The lowest BCUT2D eigenvalue weighted by atomic mass is 10.1. The molecule has 0 bridgehead atoms. The van der Waals surface area contributed by atoms with Crippen LogP contribution in [-0.2, 0) is 29.0 Å². The van der Waals surface area contributed by atoms with E-state index in [0.717, 1.165) is 11.1 Å². The number of anilines is 2. The molecule has 0 aliphatic carbocycles. The summed E-state index contributed by atoms with van der Waals surface area (Å²) in [6.45, 7) is 0.203. The Morgan fingerprint density at radius 2 is 1.74 bits per heavy atom. The first-order chi connectivity index (χ1) is 14.9. The third kappa shape index (κ3) is 6.53. The average Bonchev–Trinajstić information content (AvgIpc) is 2.75. The summed E-state index contributed by atoms with van der Waals surface area (Å²) in [5, 5.41) is 11.7. The lowest BCUT2D eigenvalue weighted by Gasteiger charge is -2.16. The minimum atomic E-state index is -0.926. The molecule has 0 aliphatic heterocycles. The molecule has 3 rings (SSSR count). The predicted molar refractivity (Wildman–Crippen MR) is 117 cm³/mol. The summed E-state index contributed by atoms with van der Waals surface area (Å²) in [6.07, 6.45) is 1.39. The van der Waals surface area contributed by atoms with Crippen molar-refractivity contribution in [3.63, 3.8) is 0 Å². The Morgan fingerprint density at radius 1 is 1.03 bits per heavy atom. The summed E-state index contributed by atoms with van der Waals surface area (Å²) < 4.78 is 5.22. The molecule has 8 heteroatoms. The molecule has 0 saturated heterocycles. The van der Waals surface area contributed by atoms with Crippen LogP contribution in [0.3, 0.4) is 0 Å². The second-order valence-electron chi connectivity index (χ2n) is 7.16. The Hall–Kier alpha value is -3.94. The SMILES string of the molecule is CN(C)c1nc(Cc2ccc(NC(=O)OCc3ccccc3)cc2)ncc1CC(=O)O. The number of hydrogen-bond donors (Lipinski definition) is 2. The number of benzene rings is 2. The highest BCUT2D eigenvalue weighted by molar-refractivity contribution is 5.84. The van der Waals surface area contributed by atoms with E-state index in [1.807, 2.05) is 56.6 Å². The van der Waals surface area contributed by atoms with Crippen LogP contribution in [0.15, 0.2) is 60.8 Å². The maximum absolute atomic E-state index is 12.0. The van der Waals surface area contributed by atoms with E-state index in [1.54, 1.807) is 23.2 Å². The van der Waals surface area contributed by atoms with E-state index in [1.165, 1.54) is 0 Å². The van der Waals surface area contributed by atoms with E-state index < -0.39 is 12.1 Å². The van der Waals surface area contributed by atoms with Crippen molar-refractivity contribution in [1.82, 2.24) is 9.97 Å². The number of nitrogens with zero attached hydrogens (tertiary/aromatic N) is 3. The molecule has 0 fully saturated rings. The van der Waals surface area contributed by atoms with Gasteiger partial charge in [0.15, 0.2) is 0 Å². The molecule has 31 heavy (non-hydrogen) atoms. The van der Waals surface area contributed by atoms with Crippen molar-refractivity contribution >= 4 is 23.6 Å². The van der Waals surface area contributed by atoms with Gasteiger partial charge in [-0.15, -0.1) is 0 Å². The molecule has 0 atom stereocenters. The van der Waals surface area contributed by atoms with Gasteiger partial charge >= 0.3 is 12.1 Å². The van der Waals surface area contributed by atoms with Crippen molar-refractivity contribution in [1.29, 1.82) is 0 Å². The van der Waals surface area contributed by atoms with E-state index in [-0.39, 0.29) is 13.0 Å². The Bertz CT molecular complexity index is 1040. The molecule has 1 heterocycles. The zero-order chi connectivity index (χ0) is 22.2. The zero-order valence-electron chi connectivity index (χ0n) is 17.4. The van der Waals surface area contributed by atoms with Gasteiger partial charge < -0.3 is 14.7 Å². The van der Waals surface area contributed by atoms with Crippen LogP contribution >= 0.6 is 0 Å². The van der Waals surface area contributed by atoms with Crippen molar-refractivity contribution < 1.29 is 19.4 Å². The van der Waals surface area contributed by atoms with Gasteiger partial charge in [0.2, 0.25) is 0 Å². The van der Waals surface area contributed by atoms with Crippen LogP contribution < -0.4 is 10.2 Å².